The average molecular weight is 392 g/mol. The van der Waals surface area contributed by atoms with Crippen LogP contribution in [0.15, 0.2) is 27.3 Å². The summed E-state index contributed by atoms with van der Waals surface area (Å²) in [5.74, 6) is 0.776. The van der Waals surface area contributed by atoms with Crippen LogP contribution < -0.4 is 4.74 Å². The van der Waals surface area contributed by atoms with E-state index in [1.807, 2.05) is 22.9 Å². The first-order valence-electron chi connectivity index (χ1n) is 5.41. The Morgan fingerprint density at radius 1 is 1.33 bits per heavy atom. The van der Waals surface area contributed by atoms with Gasteiger partial charge in [-0.2, -0.15) is 0 Å². The molecular weight excluding hydrogens is 380 g/mol. The summed E-state index contributed by atoms with van der Waals surface area (Å²) in [5, 5.41) is 0. The molecule has 0 amide bonds. The summed E-state index contributed by atoms with van der Waals surface area (Å²) in [6.45, 7) is 2.10. The summed E-state index contributed by atoms with van der Waals surface area (Å²) in [6, 6.07) is 3.92. The number of imidazole rings is 1. The standard InChI is InChI=1S/C12H12Br2N2OS/c1-3-7-6-15-12(18)16(7)10-5-11(17-2)9(14)4-8(10)13/h4-6H,3H2,1-2H3,(H,15,18). The van der Waals surface area contributed by atoms with Gasteiger partial charge in [-0.25, -0.2) is 0 Å². The van der Waals surface area contributed by atoms with E-state index in [0.29, 0.717) is 4.77 Å². The Bertz CT molecular complexity index is 633. The Balaban J connectivity index is 2.70. The van der Waals surface area contributed by atoms with Gasteiger partial charge >= 0.3 is 0 Å². The number of hydrogen-bond donors (Lipinski definition) is 1. The van der Waals surface area contributed by atoms with E-state index >= 15 is 0 Å². The summed E-state index contributed by atoms with van der Waals surface area (Å²) < 4.78 is 9.88. The predicted octanol–water partition coefficient (Wildman–Crippen LogP) is 4.63. The molecule has 0 atom stereocenters. The van der Waals surface area contributed by atoms with Crippen LogP contribution in [0.2, 0.25) is 0 Å². The number of methoxy groups -OCH3 is 1. The third kappa shape index (κ3) is 2.41. The second-order valence-corrected chi connectivity index (χ2v) is 5.81. The van der Waals surface area contributed by atoms with Crippen LogP contribution >= 0.6 is 44.1 Å². The maximum absolute atomic E-state index is 5.33. The van der Waals surface area contributed by atoms with E-state index in [0.717, 1.165) is 32.5 Å². The Labute approximate surface area is 127 Å². The van der Waals surface area contributed by atoms with Gasteiger partial charge in [0.25, 0.3) is 0 Å². The number of nitrogens with zero attached hydrogens (tertiary/aromatic N) is 1. The fourth-order valence-electron chi connectivity index (χ4n) is 1.78. The predicted molar refractivity (Wildman–Crippen MR) is 82.3 cm³/mol. The van der Waals surface area contributed by atoms with Gasteiger partial charge in [-0.05, 0) is 56.6 Å². The highest BCUT2D eigenvalue weighted by Crippen LogP contribution is 2.34. The molecule has 18 heavy (non-hydrogen) atoms. The molecule has 0 aliphatic carbocycles. The molecule has 2 aromatic rings. The van der Waals surface area contributed by atoms with Gasteiger partial charge in [0.15, 0.2) is 4.77 Å². The number of halogens is 2. The fraction of sp³-hybridized carbons (Fsp3) is 0.250. The van der Waals surface area contributed by atoms with Crippen LogP contribution in [-0.4, -0.2) is 16.7 Å². The zero-order valence-electron chi connectivity index (χ0n) is 9.96. The van der Waals surface area contributed by atoms with Gasteiger partial charge in [-0.1, -0.05) is 6.92 Å². The summed E-state index contributed by atoms with van der Waals surface area (Å²) in [5.41, 5.74) is 2.10. The first-order chi connectivity index (χ1) is 8.58. The summed E-state index contributed by atoms with van der Waals surface area (Å²) >= 11 is 12.4. The Kier molecular flexibility index (Phi) is 4.29. The maximum Gasteiger partial charge on any atom is 0.182 e. The number of hydrogen-bond acceptors (Lipinski definition) is 2. The minimum absolute atomic E-state index is 0.678. The largest absolute Gasteiger partial charge is 0.495 e. The van der Waals surface area contributed by atoms with Crippen LogP contribution in [0.3, 0.4) is 0 Å². The van der Waals surface area contributed by atoms with Crippen molar-refractivity contribution in [3.63, 3.8) is 0 Å². The monoisotopic (exact) mass is 390 g/mol. The minimum Gasteiger partial charge on any atom is -0.495 e. The van der Waals surface area contributed by atoms with Crippen LogP contribution in [0, 0.1) is 4.77 Å². The summed E-state index contributed by atoms with van der Waals surface area (Å²) in [4.78, 5) is 3.07. The molecule has 1 aromatic carbocycles. The topological polar surface area (TPSA) is 29.9 Å². The first-order valence-corrected chi connectivity index (χ1v) is 7.40. The van der Waals surface area contributed by atoms with E-state index in [1.165, 1.54) is 0 Å². The van der Waals surface area contributed by atoms with Crippen molar-refractivity contribution in [2.24, 2.45) is 0 Å². The quantitative estimate of drug-likeness (QED) is 0.773. The molecule has 1 heterocycles. The van der Waals surface area contributed by atoms with Crippen molar-refractivity contribution < 1.29 is 4.74 Å². The second kappa shape index (κ2) is 5.59. The molecular formula is C12H12Br2N2OS. The zero-order chi connectivity index (χ0) is 13.3. The minimum atomic E-state index is 0.678. The van der Waals surface area contributed by atoms with Crippen molar-refractivity contribution in [2.75, 3.05) is 7.11 Å². The summed E-state index contributed by atoms with van der Waals surface area (Å²) in [7, 11) is 1.65. The van der Waals surface area contributed by atoms with Crippen molar-refractivity contribution in [3.8, 4) is 11.4 Å². The molecule has 1 aromatic heterocycles. The van der Waals surface area contributed by atoms with Gasteiger partial charge in [0, 0.05) is 22.4 Å². The Morgan fingerprint density at radius 2 is 2.06 bits per heavy atom. The van der Waals surface area contributed by atoms with Gasteiger partial charge in [-0.3, -0.25) is 4.57 Å². The molecule has 0 radical (unpaired) electrons. The highest BCUT2D eigenvalue weighted by Gasteiger charge is 2.12. The van der Waals surface area contributed by atoms with Gasteiger partial charge < -0.3 is 9.72 Å². The molecule has 0 aliphatic heterocycles. The van der Waals surface area contributed by atoms with Crippen LogP contribution in [-0.2, 0) is 6.42 Å². The van der Waals surface area contributed by atoms with Crippen molar-refractivity contribution >= 4 is 44.1 Å². The lowest BCUT2D eigenvalue weighted by molar-refractivity contribution is 0.412. The van der Waals surface area contributed by atoms with Gasteiger partial charge in [-0.15, -0.1) is 0 Å². The number of aryl methyl sites for hydroxylation is 1. The third-order valence-corrected chi connectivity index (χ3v) is 4.23. The lowest BCUT2D eigenvalue weighted by atomic mass is 10.2. The van der Waals surface area contributed by atoms with Crippen LogP contribution in [0.1, 0.15) is 12.6 Å². The van der Waals surface area contributed by atoms with E-state index in [-0.39, 0.29) is 0 Å². The van der Waals surface area contributed by atoms with Crippen LogP contribution in [0.4, 0.5) is 0 Å². The molecule has 96 valence electrons. The van der Waals surface area contributed by atoms with Crippen molar-refractivity contribution in [1.82, 2.24) is 9.55 Å². The Hall–Kier alpha value is -0.590. The lowest BCUT2D eigenvalue weighted by Gasteiger charge is -2.12. The Morgan fingerprint density at radius 3 is 2.67 bits per heavy atom. The lowest BCUT2D eigenvalue weighted by Crippen LogP contribution is -2.01. The molecule has 2 rings (SSSR count). The van der Waals surface area contributed by atoms with E-state index in [9.17, 15) is 0 Å². The number of aromatic nitrogens is 2. The molecule has 0 spiro atoms. The molecule has 0 fully saturated rings. The highest BCUT2D eigenvalue weighted by atomic mass is 79.9. The molecule has 6 heteroatoms. The van der Waals surface area contributed by atoms with Crippen molar-refractivity contribution in [1.29, 1.82) is 0 Å². The fourth-order valence-corrected chi connectivity index (χ4v) is 3.38. The average Bonchev–Trinajstić information content (AvgIpc) is 2.71. The zero-order valence-corrected chi connectivity index (χ0v) is 13.9. The van der Waals surface area contributed by atoms with Crippen molar-refractivity contribution in [3.05, 3.63) is 37.7 Å². The normalized spacial score (nSPS) is 10.7. The number of aromatic amines is 1. The molecule has 0 bridgehead atoms. The highest BCUT2D eigenvalue weighted by molar-refractivity contribution is 9.11. The third-order valence-electron chi connectivity index (χ3n) is 2.68. The van der Waals surface area contributed by atoms with E-state index in [2.05, 4.69) is 43.8 Å². The van der Waals surface area contributed by atoms with Crippen molar-refractivity contribution in [2.45, 2.75) is 13.3 Å². The molecule has 0 saturated carbocycles. The van der Waals surface area contributed by atoms with E-state index < -0.39 is 0 Å². The van der Waals surface area contributed by atoms with E-state index in [1.54, 1.807) is 7.11 Å². The van der Waals surface area contributed by atoms with Crippen LogP contribution in [0.25, 0.3) is 5.69 Å². The van der Waals surface area contributed by atoms with Gasteiger partial charge in [0.05, 0.1) is 17.3 Å². The molecule has 0 aliphatic rings. The smallest absolute Gasteiger partial charge is 0.182 e. The SMILES string of the molecule is CCc1c[nH]c(=S)n1-c1cc(OC)c(Br)cc1Br. The molecule has 0 unspecified atom stereocenters. The van der Waals surface area contributed by atoms with Gasteiger partial charge in [0.1, 0.15) is 5.75 Å². The van der Waals surface area contributed by atoms with E-state index in [4.69, 9.17) is 17.0 Å². The second-order valence-electron chi connectivity index (χ2n) is 3.71. The number of benzene rings is 1. The number of ether oxygens (including phenoxy) is 1. The maximum atomic E-state index is 5.33. The molecule has 0 saturated heterocycles. The van der Waals surface area contributed by atoms with Gasteiger partial charge in [0.2, 0.25) is 0 Å². The first kappa shape index (κ1) is 13.8. The number of rotatable bonds is 3. The molecule has 3 nitrogen and oxygen atoms in total. The number of H-pyrrole nitrogens is 1. The molecule has 1 N–H and O–H groups in total. The number of nitrogens with one attached hydrogen (secondary N) is 1. The summed E-state index contributed by atoms with van der Waals surface area (Å²) in [6.07, 6.45) is 2.83. The van der Waals surface area contributed by atoms with Crippen LogP contribution in [0.5, 0.6) is 5.75 Å².